The van der Waals surface area contributed by atoms with Crippen LogP contribution in [0.15, 0.2) is 5.11 Å². The number of nitrogens with one attached hydrogen (secondary N) is 1. The molecule has 0 aliphatic rings. The number of amides is 1. The van der Waals surface area contributed by atoms with E-state index in [-0.39, 0.29) is 32.0 Å². The van der Waals surface area contributed by atoms with Crippen molar-refractivity contribution in [3.05, 3.63) is 10.4 Å². The van der Waals surface area contributed by atoms with Crippen molar-refractivity contribution in [3.63, 3.8) is 0 Å². The molecule has 11 heavy (non-hydrogen) atoms. The van der Waals surface area contributed by atoms with E-state index in [0.29, 0.717) is 0 Å². The zero-order valence-electron chi connectivity index (χ0n) is 6.03. The number of azide groups is 1. The number of carbonyl (C=O) groups is 1. The predicted molar refractivity (Wildman–Crippen MR) is 38.7 cm³/mol. The van der Waals surface area contributed by atoms with Crippen molar-refractivity contribution in [1.82, 2.24) is 5.32 Å². The van der Waals surface area contributed by atoms with Crippen molar-refractivity contribution in [2.75, 3.05) is 19.7 Å². The van der Waals surface area contributed by atoms with E-state index in [4.69, 9.17) is 10.6 Å². The third-order valence-corrected chi connectivity index (χ3v) is 0.936. The van der Waals surface area contributed by atoms with E-state index in [1.807, 2.05) is 0 Å². The monoisotopic (exact) mass is 158 g/mol. The van der Waals surface area contributed by atoms with Crippen LogP contribution in [0.2, 0.25) is 0 Å². The van der Waals surface area contributed by atoms with Gasteiger partial charge in [0.25, 0.3) is 0 Å². The Balaban J connectivity index is 3.29. The molecule has 0 spiro atoms. The molecule has 0 rings (SSSR count). The number of rotatable bonds is 5. The highest BCUT2D eigenvalue weighted by atomic mass is 16.3. The van der Waals surface area contributed by atoms with Crippen LogP contribution < -0.4 is 5.32 Å². The minimum Gasteiger partial charge on any atom is -0.395 e. The topological polar surface area (TPSA) is 98.1 Å². The molecule has 0 radical (unpaired) electrons. The summed E-state index contributed by atoms with van der Waals surface area (Å²) in [6, 6.07) is 0. The highest BCUT2D eigenvalue weighted by molar-refractivity contribution is 5.75. The van der Waals surface area contributed by atoms with Crippen molar-refractivity contribution >= 4 is 5.91 Å². The van der Waals surface area contributed by atoms with Gasteiger partial charge in [-0.1, -0.05) is 5.11 Å². The fraction of sp³-hybridized carbons (Fsp3) is 0.800. The molecule has 0 aromatic carbocycles. The Kier molecular flexibility index (Phi) is 6.07. The number of hydrogen-bond donors (Lipinski definition) is 2. The molecule has 0 aliphatic heterocycles. The summed E-state index contributed by atoms with van der Waals surface area (Å²) in [5, 5.41) is 13.9. The van der Waals surface area contributed by atoms with Gasteiger partial charge in [-0.15, -0.1) is 0 Å². The first kappa shape index (κ1) is 9.74. The molecule has 0 aliphatic carbocycles. The normalized spacial score (nSPS) is 8.45. The minimum absolute atomic E-state index is 0.0761. The number of hydrogen-bond acceptors (Lipinski definition) is 3. The van der Waals surface area contributed by atoms with Crippen LogP contribution in [0.25, 0.3) is 10.4 Å². The van der Waals surface area contributed by atoms with E-state index in [1.54, 1.807) is 0 Å². The molecular weight excluding hydrogens is 148 g/mol. The van der Waals surface area contributed by atoms with Crippen LogP contribution in [-0.4, -0.2) is 30.7 Å². The second-order valence-corrected chi connectivity index (χ2v) is 1.78. The summed E-state index contributed by atoms with van der Waals surface area (Å²) >= 11 is 0. The molecule has 0 heterocycles. The molecule has 0 saturated carbocycles. The lowest BCUT2D eigenvalue weighted by Crippen LogP contribution is -2.26. The fourth-order valence-corrected chi connectivity index (χ4v) is 0.480. The lowest BCUT2D eigenvalue weighted by atomic mass is 10.4. The Morgan fingerprint density at radius 1 is 1.73 bits per heavy atom. The van der Waals surface area contributed by atoms with E-state index in [1.165, 1.54) is 0 Å². The van der Waals surface area contributed by atoms with Gasteiger partial charge in [-0.3, -0.25) is 4.79 Å². The molecule has 2 N–H and O–H groups in total. The van der Waals surface area contributed by atoms with Crippen molar-refractivity contribution < 1.29 is 9.90 Å². The van der Waals surface area contributed by atoms with E-state index < -0.39 is 0 Å². The first-order chi connectivity index (χ1) is 5.31. The fourth-order valence-electron chi connectivity index (χ4n) is 0.480. The first-order valence-electron chi connectivity index (χ1n) is 3.19. The lowest BCUT2D eigenvalue weighted by Gasteiger charge is -1.98. The molecule has 0 bridgehead atoms. The minimum atomic E-state index is -0.216. The maximum atomic E-state index is 10.7. The van der Waals surface area contributed by atoms with Crippen LogP contribution in [0.3, 0.4) is 0 Å². The van der Waals surface area contributed by atoms with Gasteiger partial charge < -0.3 is 10.4 Å². The summed E-state index contributed by atoms with van der Waals surface area (Å²) in [4.78, 5) is 13.2. The summed E-state index contributed by atoms with van der Waals surface area (Å²) in [7, 11) is 0. The van der Waals surface area contributed by atoms with E-state index in [0.717, 1.165) is 0 Å². The Bertz CT molecular complexity index is 164. The molecule has 0 aromatic rings. The Morgan fingerprint density at radius 3 is 3.00 bits per heavy atom. The highest BCUT2D eigenvalue weighted by Gasteiger charge is 1.96. The van der Waals surface area contributed by atoms with Crippen molar-refractivity contribution in [2.24, 2.45) is 5.11 Å². The number of aliphatic hydroxyl groups excluding tert-OH is 1. The third-order valence-electron chi connectivity index (χ3n) is 0.936. The summed E-state index contributed by atoms with van der Waals surface area (Å²) in [6.07, 6.45) is 0.171. The number of nitrogens with zero attached hydrogens (tertiary/aromatic N) is 3. The number of carbonyl (C=O) groups excluding carboxylic acids is 1. The molecule has 0 fully saturated rings. The summed E-state index contributed by atoms with van der Waals surface area (Å²) < 4.78 is 0. The van der Waals surface area contributed by atoms with Crippen molar-refractivity contribution in [3.8, 4) is 0 Å². The highest BCUT2D eigenvalue weighted by Crippen LogP contribution is 1.80. The molecular formula is C5H10N4O2. The maximum absolute atomic E-state index is 10.7. The van der Waals surface area contributed by atoms with E-state index in [2.05, 4.69) is 15.3 Å². The molecule has 0 atom stereocenters. The van der Waals surface area contributed by atoms with Gasteiger partial charge in [0.1, 0.15) is 0 Å². The van der Waals surface area contributed by atoms with Gasteiger partial charge in [0, 0.05) is 24.4 Å². The number of aliphatic hydroxyl groups is 1. The molecule has 6 nitrogen and oxygen atoms in total. The van der Waals surface area contributed by atoms with Crippen LogP contribution in [0, 0.1) is 0 Å². The second kappa shape index (κ2) is 6.85. The van der Waals surface area contributed by atoms with Crippen molar-refractivity contribution in [1.29, 1.82) is 0 Å². The van der Waals surface area contributed by atoms with Crippen LogP contribution in [0.4, 0.5) is 0 Å². The zero-order chi connectivity index (χ0) is 8.53. The lowest BCUT2D eigenvalue weighted by molar-refractivity contribution is -0.121. The van der Waals surface area contributed by atoms with E-state index >= 15 is 0 Å². The largest absolute Gasteiger partial charge is 0.395 e. The average molecular weight is 158 g/mol. The van der Waals surface area contributed by atoms with E-state index in [9.17, 15) is 4.79 Å². The summed E-state index contributed by atoms with van der Waals surface area (Å²) in [5.74, 6) is -0.216. The Labute approximate surface area is 63.8 Å². The molecule has 0 unspecified atom stereocenters. The quantitative estimate of drug-likeness (QED) is 0.329. The van der Waals surface area contributed by atoms with Crippen molar-refractivity contribution in [2.45, 2.75) is 6.42 Å². The van der Waals surface area contributed by atoms with Gasteiger partial charge in [0.15, 0.2) is 0 Å². The summed E-state index contributed by atoms with van der Waals surface area (Å²) in [5.41, 5.74) is 7.84. The van der Waals surface area contributed by atoms with Crippen LogP contribution >= 0.6 is 0 Å². The summed E-state index contributed by atoms with van der Waals surface area (Å²) in [6.45, 7) is 0.329. The predicted octanol–water partition coefficient (Wildman–Crippen LogP) is -0.205. The van der Waals surface area contributed by atoms with Crippen LogP contribution in [0.5, 0.6) is 0 Å². The first-order valence-corrected chi connectivity index (χ1v) is 3.19. The molecule has 1 amide bonds. The SMILES string of the molecule is [N-]=[N+]=NCCC(=O)NCCO. The average Bonchev–Trinajstić information content (AvgIpc) is 2.01. The van der Waals surface area contributed by atoms with Gasteiger partial charge in [0.05, 0.1) is 6.61 Å². The van der Waals surface area contributed by atoms with Crippen LogP contribution in [-0.2, 0) is 4.79 Å². The van der Waals surface area contributed by atoms with Gasteiger partial charge >= 0.3 is 0 Å². The Hall–Kier alpha value is -1.26. The molecule has 6 heteroatoms. The van der Waals surface area contributed by atoms with Gasteiger partial charge in [0.2, 0.25) is 5.91 Å². The van der Waals surface area contributed by atoms with Gasteiger partial charge in [-0.25, -0.2) is 0 Å². The standard InChI is InChI=1S/C5H10N4O2/c6-9-8-2-1-5(11)7-3-4-10/h10H,1-4H2,(H,7,11). The van der Waals surface area contributed by atoms with Gasteiger partial charge in [-0.2, -0.15) is 0 Å². The molecule has 0 saturated heterocycles. The smallest absolute Gasteiger partial charge is 0.220 e. The maximum Gasteiger partial charge on any atom is 0.220 e. The third kappa shape index (κ3) is 6.63. The molecule has 0 aromatic heterocycles. The Morgan fingerprint density at radius 2 is 2.45 bits per heavy atom. The van der Waals surface area contributed by atoms with Crippen LogP contribution in [0.1, 0.15) is 6.42 Å². The van der Waals surface area contributed by atoms with Gasteiger partial charge in [-0.05, 0) is 5.53 Å². The second-order valence-electron chi connectivity index (χ2n) is 1.78. The molecule has 62 valence electrons. The zero-order valence-corrected chi connectivity index (χ0v) is 6.03.